The molecule has 0 aromatic heterocycles. The van der Waals surface area contributed by atoms with E-state index in [9.17, 15) is 0 Å². The van der Waals surface area contributed by atoms with Gasteiger partial charge in [0, 0.05) is 11.8 Å². The van der Waals surface area contributed by atoms with Crippen LogP contribution in [0.15, 0.2) is 78.9 Å². The highest BCUT2D eigenvalue weighted by atomic mass is 16.5. The zero-order valence-corrected chi connectivity index (χ0v) is 17.4. The quantitative estimate of drug-likeness (QED) is 0.392. The van der Waals surface area contributed by atoms with E-state index < -0.39 is 0 Å². The fraction of sp³-hybridized carbons (Fsp3) is 0.308. The molecule has 0 bridgehead atoms. The molecule has 29 heavy (non-hydrogen) atoms. The maximum atomic E-state index is 6.12. The Labute approximate surface area is 174 Å². The SMILES string of the molecule is CC[C@H](CNc1cccc(OCCCc2ccccc2)c1)Oc1cccc(C)c1. The summed E-state index contributed by atoms with van der Waals surface area (Å²) in [6, 6.07) is 26.9. The third-order valence-corrected chi connectivity index (χ3v) is 4.84. The van der Waals surface area contributed by atoms with Crippen LogP contribution < -0.4 is 14.8 Å². The van der Waals surface area contributed by atoms with Gasteiger partial charge in [0.15, 0.2) is 0 Å². The van der Waals surface area contributed by atoms with Crippen molar-refractivity contribution in [2.45, 2.75) is 39.2 Å². The Balaban J connectivity index is 1.44. The van der Waals surface area contributed by atoms with Crippen LogP contribution in [0.25, 0.3) is 0 Å². The lowest BCUT2D eigenvalue weighted by atomic mass is 10.1. The van der Waals surface area contributed by atoms with Crippen molar-refractivity contribution in [1.82, 2.24) is 0 Å². The minimum Gasteiger partial charge on any atom is -0.494 e. The van der Waals surface area contributed by atoms with Crippen molar-refractivity contribution < 1.29 is 9.47 Å². The highest BCUT2D eigenvalue weighted by Crippen LogP contribution is 2.19. The summed E-state index contributed by atoms with van der Waals surface area (Å²) in [4.78, 5) is 0. The maximum absolute atomic E-state index is 6.12. The lowest BCUT2D eigenvalue weighted by molar-refractivity contribution is 0.210. The van der Waals surface area contributed by atoms with Crippen molar-refractivity contribution >= 4 is 5.69 Å². The Kier molecular flexibility index (Phi) is 8.00. The zero-order chi connectivity index (χ0) is 20.3. The van der Waals surface area contributed by atoms with Crippen LogP contribution in [0.1, 0.15) is 30.9 Å². The number of hydrogen-bond donors (Lipinski definition) is 1. The Hall–Kier alpha value is -2.94. The van der Waals surface area contributed by atoms with E-state index in [1.165, 1.54) is 11.1 Å². The van der Waals surface area contributed by atoms with Gasteiger partial charge in [-0.3, -0.25) is 0 Å². The van der Waals surface area contributed by atoms with Gasteiger partial charge < -0.3 is 14.8 Å². The van der Waals surface area contributed by atoms with Gasteiger partial charge in [-0.15, -0.1) is 0 Å². The van der Waals surface area contributed by atoms with Crippen LogP contribution in [0.5, 0.6) is 11.5 Å². The summed E-state index contributed by atoms with van der Waals surface area (Å²) in [5, 5.41) is 3.48. The number of anilines is 1. The van der Waals surface area contributed by atoms with Gasteiger partial charge in [-0.2, -0.15) is 0 Å². The van der Waals surface area contributed by atoms with E-state index in [0.717, 1.165) is 43.0 Å². The van der Waals surface area contributed by atoms with Gasteiger partial charge in [-0.25, -0.2) is 0 Å². The van der Waals surface area contributed by atoms with Gasteiger partial charge in [-0.1, -0.05) is 55.5 Å². The first-order valence-corrected chi connectivity index (χ1v) is 10.5. The molecule has 1 atom stereocenters. The van der Waals surface area contributed by atoms with E-state index in [1.807, 2.05) is 30.3 Å². The average Bonchev–Trinajstić information content (AvgIpc) is 2.75. The number of ether oxygens (including phenoxy) is 2. The van der Waals surface area contributed by atoms with E-state index in [4.69, 9.17) is 9.47 Å². The lowest BCUT2D eigenvalue weighted by Gasteiger charge is -2.19. The third kappa shape index (κ3) is 7.19. The highest BCUT2D eigenvalue weighted by molar-refractivity contribution is 5.48. The minimum absolute atomic E-state index is 0.118. The standard InChI is InChI=1S/C26H31NO2/c1-3-24(29-26-16-7-10-21(2)18-26)20-27-23-14-8-15-25(19-23)28-17-9-13-22-11-5-4-6-12-22/h4-8,10-12,14-16,18-19,24,27H,3,9,13,17,20H2,1-2H3/t24-/m1/s1. The van der Waals surface area contributed by atoms with Crippen LogP contribution in [-0.2, 0) is 6.42 Å². The minimum atomic E-state index is 0.118. The molecule has 1 N–H and O–H groups in total. The summed E-state index contributed by atoms with van der Waals surface area (Å²) in [6.07, 6.45) is 3.10. The Morgan fingerprint density at radius 1 is 0.862 bits per heavy atom. The fourth-order valence-electron chi connectivity index (χ4n) is 3.19. The van der Waals surface area contributed by atoms with E-state index in [2.05, 4.69) is 67.7 Å². The molecule has 0 heterocycles. The molecule has 0 saturated heterocycles. The first kappa shape index (κ1) is 20.8. The van der Waals surface area contributed by atoms with Crippen molar-refractivity contribution in [3.8, 4) is 11.5 Å². The smallest absolute Gasteiger partial charge is 0.121 e. The number of aryl methyl sites for hydroxylation is 2. The van der Waals surface area contributed by atoms with Crippen LogP contribution in [0.3, 0.4) is 0 Å². The summed E-state index contributed by atoms with van der Waals surface area (Å²) in [5.41, 5.74) is 3.62. The molecule has 0 fully saturated rings. The van der Waals surface area contributed by atoms with Crippen LogP contribution in [0.4, 0.5) is 5.69 Å². The van der Waals surface area contributed by atoms with Gasteiger partial charge in [0.25, 0.3) is 0 Å². The predicted octanol–water partition coefficient (Wildman–Crippen LogP) is 6.28. The number of hydrogen-bond acceptors (Lipinski definition) is 3. The van der Waals surface area contributed by atoms with E-state index in [1.54, 1.807) is 0 Å². The maximum Gasteiger partial charge on any atom is 0.121 e. The predicted molar refractivity (Wildman–Crippen MR) is 121 cm³/mol. The van der Waals surface area contributed by atoms with Crippen molar-refractivity contribution in [2.24, 2.45) is 0 Å². The molecular weight excluding hydrogens is 358 g/mol. The first-order valence-electron chi connectivity index (χ1n) is 10.5. The molecule has 152 valence electrons. The summed E-state index contributed by atoms with van der Waals surface area (Å²) < 4.78 is 12.1. The average molecular weight is 390 g/mol. The van der Waals surface area contributed by atoms with E-state index >= 15 is 0 Å². The second-order valence-electron chi connectivity index (χ2n) is 7.31. The van der Waals surface area contributed by atoms with Crippen molar-refractivity contribution in [1.29, 1.82) is 0 Å². The van der Waals surface area contributed by atoms with Crippen LogP contribution in [0.2, 0.25) is 0 Å². The molecule has 0 radical (unpaired) electrons. The van der Waals surface area contributed by atoms with Crippen molar-refractivity contribution in [3.05, 3.63) is 90.0 Å². The zero-order valence-electron chi connectivity index (χ0n) is 17.4. The second-order valence-corrected chi connectivity index (χ2v) is 7.31. The molecular formula is C26H31NO2. The summed E-state index contributed by atoms with van der Waals surface area (Å²) in [6.45, 7) is 5.69. The van der Waals surface area contributed by atoms with Gasteiger partial charge in [-0.05, 0) is 61.6 Å². The lowest BCUT2D eigenvalue weighted by Crippen LogP contribution is -2.25. The topological polar surface area (TPSA) is 30.5 Å². The Bertz CT molecular complexity index is 863. The molecule has 3 heteroatoms. The molecule has 3 aromatic rings. The molecule has 0 aliphatic rings. The largest absolute Gasteiger partial charge is 0.494 e. The molecule has 3 nitrogen and oxygen atoms in total. The van der Waals surface area contributed by atoms with Crippen molar-refractivity contribution in [2.75, 3.05) is 18.5 Å². The number of rotatable bonds is 11. The third-order valence-electron chi connectivity index (χ3n) is 4.84. The summed E-state index contributed by atoms with van der Waals surface area (Å²) in [7, 11) is 0. The van der Waals surface area contributed by atoms with E-state index in [0.29, 0.717) is 6.61 Å². The molecule has 0 aliphatic heterocycles. The highest BCUT2D eigenvalue weighted by Gasteiger charge is 2.08. The van der Waals surface area contributed by atoms with E-state index in [-0.39, 0.29) is 6.10 Å². The molecule has 3 rings (SSSR count). The monoisotopic (exact) mass is 389 g/mol. The summed E-state index contributed by atoms with van der Waals surface area (Å²) >= 11 is 0. The Morgan fingerprint density at radius 2 is 1.66 bits per heavy atom. The molecule has 0 amide bonds. The van der Waals surface area contributed by atoms with Crippen LogP contribution in [-0.4, -0.2) is 19.3 Å². The number of benzene rings is 3. The Morgan fingerprint density at radius 3 is 2.45 bits per heavy atom. The molecule has 0 aliphatic carbocycles. The van der Waals surface area contributed by atoms with Gasteiger partial charge in [0.05, 0.1) is 13.2 Å². The second kappa shape index (κ2) is 11.2. The van der Waals surface area contributed by atoms with Crippen molar-refractivity contribution in [3.63, 3.8) is 0 Å². The van der Waals surface area contributed by atoms with Gasteiger partial charge in [0.2, 0.25) is 0 Å². The first-order chi connectivity index (χ1) is 14.2. The fourth-order valence-corrected chi connectivity index (χ4v) is 3.19. The molecule has 0 spiro atoms. The number of nitrogens with one attached hydrogen (secondary N) is 1. The van der Waals surface area contributed by atoms with Gasteiger partial charge in [0.1, 0.15) is 17.6 Å². The molecule has 3 aromatic carbocycles. The van der Waals surface area contributed by atoms with Crippen LogP contribution >= 0.6 is 0 Å². The molecule has 0 saturated carbocycles. The van der Waals surface area contributed by atoms with Crippen LogP contribution in [0, 0.1) is 6.92 Å². The van der Waals surface area contributed by atoms with Gasteiger partial charge >= 0.3 is 0 Å². The molecule has 0 unspecified atom stereocenters. The summed E-state index contributed by atoms with van der Waals surface area (Å²) in [5.74, 6) is 1.82. The normalized spacial score (nSPS) is 11.7.